The molecule has 3 rings (SSSR count). The van der Waals surface area contributed by atoms with E-state index in [9.17, 15) is 17.6 Å². The Morgan fingerprint density at radius 1 is 1.10 bits per heavy atom. The summed E-state index contributed by atoms with van der Waals surface area (Å²) in [6, 6.07) is 15.6. The summed E-state index contributed by atoms with van der Waals surface area (Å²) in [4.78, 5) is 16.6. The predicted octanol–water partition coefficient (Wildman–Crippen LogP) is 2.88. The Balaban J connectivity index is 1.81. The van der Waals surface area contributed by atoms with Crippen molar-refractivity contribution in [3.8, 4) is 0 Å². The van der Waals surface area contributed by atoms with Gasteiger partial charge >= 0.3 is 0 Å². The van der Waals surface area contributed by atoms with Gasteiger partial charge in [0.1, 0.15) is 5.82 Å². The molecule has 29 heavy (non-hydrogen) atoms. The first-order valence-corrected chi connectivity index (χ1v) is 11.6. The molecule has 1 amide bonds. The third kappa shape index (κ3) is 5.22. The summed E-state index contributed by atoms with van der Waals surface area (Å²) >= 11 is 0. The molecule has 0 bridgehead atoms. The zero-order valence-corrected chi connectivity index (χ0v) is 17.6. The molecule has 2 atom stereocenters. The van der Waals surface area contributed by atoms with Crippen molar-refractivity contribution in [2.24, 2.45) is 0 Å². The van der Waals surface area contributed by atoms with Crippen molar-refractivity contribution < 1.29 is 17.6 Å². The van der Waals surface area contributed by atoms with Crippen molar-refractivity contribution in [2.45, 2.75) is 25.4 Å². The molecule has 0 aromatic heterocycles. The first-order valence-electron chi connectivity index (χ1n) is 9.81. The van der Waals surface area contributed by atoms with Crippen LogP contribution in [0, 0.1) is 5.82 Å². The number of hydrogen-bond donors (Lipinski definition) is 0. The molecule has 1 fully saturated rings. The van der Waals surface area contributed by atoms with Gasteiger partial charge in [0, 0.05) is 12.6 Å². The summed E-state index contributed by atoms with van der Waals surface area (Å²) in [5, 5.41) is 0. The molecule has 0 spiro atoms. The molecule has 1 heterocycles. The predicted molar refractivity (Wildman–Crippen MR) is 112 cm³/mol. The average molecular weight is 419 g/mol. The highest BCUT2D eigenvalue weighted by molar-refractivity contribution is 7.91. The highest BCUT2D eigenvalue weighted by Crippen LogP contribution is 2.28. The molecule has 2 aromatic rings. The number of carbonyl (C=O) groups excluding carboxylic acids is 1. The van der Waals surface area contributed by atoms with Crippen molar-refractivity contribution in [3.05, 3.63) is 71.5 Å². The summed E-state index contributed by atoms with van der Waals surface area (Å²) in [5.41, 5.74) is 1.89. The molecule has 7 heteroatoms. The fraction of sp³-hybridized carbons (Fsp3) is 0.409. The molecule has 0 radical (unpaired) electrons. The molecule has 2 aromatic carbocycles. The maximum absolute atomic E-state index is 13.4. The summed E-state index contributed by atoms with van der Waals surface area (Å²) in [5.74, 6) is -0.227. The second kappa shape index (κ2) is 9.05. The van der Waals surface area contributed by atoms with Crippen LogP contribution in [0.3, 0.4) is 0 Å². The van der Waals surface area contributed by atoms with Gasteiger partial charge in [0.25, 0.3) is 0 Å². The Labute approximate surface area is 172 Å². The van der Waals surface area contributed by atoms with Crippen LogP contribution >= 0.6 is 0 Å². The van der Waals surface area contributed by atoms with Gasteiger partial charge in [-0.05, 0) is 43.7 Å². The Bertz CT molecular complexity index is 932. The number of carbonyl (C=O) groups is 1. The Morgan fingerprint density at radius 3 is 2.28 bits per heavy atom. The van der Waals surface area contributed by atoms with Gasteiger partial charge in [-0.1, -0.05) is 42.5 Å². The molecular formula is C22H27FN2O3S. The minimum atomic E-state index is -3.06. The number of rotatable bonds is 7. The van der Waals surface area contributed by atoms with Crippen LogP contribution in [0.2, 0.25) is 0 Å². The number of benzene rings is 2. The SMILES string of the molecule is CCN(C(=O)CN(C)C(c1ccccc1)c1ccc(F)cc1)C1CCS(=O)(=O)C1. The minimum Gasteiger partial charge on any atom is -0.338 e. The van der Waals surface area contributed by atoms with E-state index in [-0.39, 0.29) is 41.9 Å². The quantitative estimate of drug-likeness (QED) is 0.694. The smallest absolute Gasteiger partial charge is 0.237 e. The van der Waals surface area contributed by atoms with E-state index in [1.165, 1.54) is 12.1 Å². The summed E-state index contributed by atoms with van der Waals surface area (Å²) in [6.07, 6.45) is 0.492. The minimum absolute atomic E-state index is 0.0381. The van der Waals surface area contributed by atoms with Crippen LogP contribution in [-0.2, 0) is 14.6 Å². The molecule has 1 saturated heterocycles. The second-order valence-electron chi connectivity index (χ2n) is 7.52. The number of nitrogens with zero attached hydrogens (tertiary/aromatic N) is 2. The molecule has 0 saturated carbocycles. The van der Waals surface area contributed by atoms with Crippen molar-refractivity contribution in [1.82, 2.24) is 9.80 Å². The molecule has 1 aliphatic rings. The second-order valence-corrected chi connectivity index (χ2v) is 9.75. The van der Waals surface area contributed by atoms with Crippen molar-refractivity contribution in [2.75, 3.05) is 31.6 Å². The highest BCUT2D eigenvalue weighted by Gasteiger charge is 2.34. The van der Waals surface area contributed by atoms with E-state index in [1.54, 1.807) is 17.0 Å². The summed E-state index contributed by atoms with van der Waals surface area (Å²) in [7, 11) is -1.20. The molecule has 156 valence electrons. The number of likely N-dealkylation sites (N-methyl/N-ethyl adjacent to an activating group) is 2. The lowest BCUT2D eigenvalue weighted by molar-refractivity contribution is -0.134. The molecular weight excluding hydrogens is 391 g/mol. The average Bonchev–Trinajstić information content (AvgIpc) is 3.04. The van der Waals surface area contributed by atoms with Crippen molar-refractivity contribution in [1.29, 1.82) is 0 Å². The first-order chi connectivity index (χ1) is 13.8. The lowest BCUT2D eigenvalue weighted by Crippen LogP contribution is -2.46. The Kier molecular flexibility index (Phi) is 6.70. The third-order valence-electron chi connectivity index (χ3n) is 5.44. The number of halogens is 1. The number of sulfone groups is 1. The normalized spacial score (nSPS) is 19.2. The van der Waals surface area contributed by atoms with E-state index >= 15 is 0 Å². The zero-order valence-electron chi connectivity index (χ0n) is 16.8. The van der Waals surface area contributed by atoms with Gasteiger partial charge in [-0.3, -0.25) is 9.69 Å². The van der Waals surface area contributed by atoms with E-state index < -0.39 is 9.84 Å². The van der Waals surface area contributed by atoms with E-state index in [0.29, 0.717) is 13.0 Å². The van der Waals surface area contributed by atoms with Crippen LogP contribution in [0.15, 0.2) is 54.6 Å². The maximum Gasteiger partial charge on any atom is 0.237 e. The Morgan fingerprint density at radius 2 is 1.72 bits per heavy atom. The zero-order chi connectivity index (χ0) is 21.0. The van der Waals surface area contributed by atoms with Crippen molar-refractivity contribution >= 4 is 15.7 Å². The monoisotopic (exact) mass is 418 g/mol. The van der Waals surface area contributed by atoms with Gasteiger partial charge in [-0.15, -0.1) is 0 Å². The van der Waals surface area contributed by atoms with E-state index in [1.807, 2.05) is 49.2 Å². The summed E-state index contributed by atoms with van der Waals surface area (Å²) < 4.78 is 37.1. The van der Waals surface area contributed by atoms with Gasteiger partial charge in [-0.25, -0.2) is 12.8 Å². The van der Waals surface area contributed by atoms with Gasteiger partial charge in [0.15, 0.2) is 9.84 Å². The van der Waals surface area contributed by atoms with E-state index in [4.69, 9.17) is 0 Å². The van der Waals surface area contributed by atoms with Crippen LogP contribution in [-0.4, -0.2) is 61.8 Å². The molecule has 1 aliphatic heterocycles. The fourth-order valence-corrected chi connectivity index (χ4v) is 5.77. The van der Waals surface area contributed by atoms with Gasteiger partial charge in [0.2, 0.25) is 5.91 Å². The lowest BCUT2D eigenvalue weighted by Gasteiger charge is -2.33. The first kappa shape index (κ1) is 21.5. The van der Waals surface area contributed by atoms with Crippen LogP contribution in [0.4, 0.5) is 4.39 Å². The van der Waals surface area contributed by atoms with Crippen LogP contribution in [0.25, 0.3) is 0 Å². The topological polar surface area (TPSA) is 57.7 Å². The van der Waals surface area contributed by atoms with Crippen LogP contribution in [0.5, 0.6) is 0 Å². The largest absolute Gasteiger partial charge is 0.338 e. The molecule has 5 nitrogen and oxygen atoms in total. The third-order valence-corrected chi connectivity index (χ3v) is 7.19. The standard InChI is InChI=1S/C22H27FN2O3S/c1-3-25(20-13-14-29(27,28)16-20)21(26)15-24(2)22(17-7-5-4-6-8-17)18-9-11-19(23)12-10-18/h4-12,20,22H,3,13-16H2,1-2H3. The maximum atomic E-state index is 13.4. The van der Waals surface area contributed by atoms with Gasteiger partial charge < -0.3 is 4.90 Å². The van der Waals surface area contributed by atoms with E-state index in [0.717, 1.165) is 11.1 Å². The Hall–Kier alpha value is -2.25. The van der Waals surface area contributed by atoms with Crippen LogP contribution in [0.1, 0.15) is 30.5 Å². The van der Waals surface area contributed by atoms with Crippen molar-refractivity contribution in [3.63, 3.8) is 0 Å². The lowest BCUT2D eigenvalue weighted by atomic mass is 9.97. The van der Waals surface area contributed by atoms with Gasteiger partial charge in [0.05, 0.1) is 24.1 Å². The molecule has 0 N–H and O–H groups in total. The number of hydrogen-bond acceptors (Lipinski definition) is 4. The number of amides is 1. The van der Waals surface area contributed by atoms with E-state index in [2.05, 4.69) is 0 Å². The highest BCUT2D eigenvalue weighted by atomic mass is 32.2. The molecule has 2 unspecified atom stereocenters. The van der Waals surface area contributed by atoms with Crippen LogP contribution < -0.4 is 0 Å². The molecule has 0 aliphatic carbocycles. The summed E-state index contributed by atoms with van der Waals surface area (Å²) in [6.45, 7) is 2.48. The van der Waals surface area contributed by atoms with Gasteiger partial charge in [-0.2, -0.15) is 0 Å². The fourth-order valence-electron chi connectivity index (χ4n) is 4.04.